The predicted molar refractivity (Wildman–Crippen MR) is 106 cm³/mol. The van der Waals surface area contributed by atoms with Gasteiger partial charge < -0.3 is 5.32 Å². The Morgan fingerprint density at radius 2 is 1.66 bits per heavy atom. The standard InChI is InChI=1S/C19H26FN3O5S/c1-10(2)14-8-13(20)9-15(11(3)4)18(14)21-19(26)22-29(27,28)17-7-6-16(25)23(17)12(5)24/h8-11,17H,6-7H2,1-5H3,(H2,21,22,26). The first kappa shape index (κ1) is 22.8. The van der Waals surface area contributed by atoms with E-state index in [0.29, 0.717) is 21.7 Å². The van der Waals surface area contributed by atoms with E-state index in [4.69, 9.17) is 0 Å². The Balaban J connectivity index is 2.31. The number of carbonyl (C=O) groups excluding carboxylic acids is 3. The number of carbonyl (C=O) groups is 3. The number of imide groups is 1. The highest BCUT2D eigenvalue weighted by atomic mass is 32.2. The number of benzene rings is 1. The van der Waals surface area contributed by atoms with Gasteiger partial charge in [-0.15, -0.1) is 0 Å². The lowest BCUT2D eigenvalue weighted by Gasteiger charge is -2.23. The molecule has 1 atom stereocenters. The predicted octanol–water partition coefficient (Wildman–Crippen LogP) is 3.02. The van der Waals surface area contributed by atoms with Gasteiger partial charge in [0.15, 0.2) is 5.37 Å². The molecular weight excluding hydrogens is 401 g/mol. The van der Waals surface area contributed by atoms with Crippen LogP contribution >= 0.6 is 0 Å². The molecule has 0 spiro atoms. The van der Waals surface area contributed by atoms with Crippen molar-refractivity contribution in [2.24, 2.45) is 0 Å². The molecule has 0 bridgehead atoms. The van der Waals surface area contributed by atoms with Crippen molar-refractivity contribution < 1.29 is 27.2 Å². The zero-order valence-electron chi connectivity index (χ0n) is 17.1. The fourth-order valence-electron chi connectivity index (χ4n) is 3.37. The Hall–Kier alpha value is -2.49. The molecule has 1 aliphatic rings. The Kier molecular flexibility index (Phi) is 6.67. The van der Waals surface area contributed by atoms with Gasteiger partial charge in [-0.25, -0.2) is 22.3 Å². The van der Waals surface area contributed by atoms with Crippen molar-refractivity contribution in [1.82, 2.24) is 9.62 Å². The first-order valence-electron chi connectivity index (χ1n) is 9.33. The Bertz CT molecular complexity index is 914. The third-order valence-corrected chi connectivity index (χ3v) is 6.37. The summed E-state index contributed by atoms with van der Waals surface area (Å²) >= 11 is 0. The van der Waals surface area contributed by atoms with Gasteiger partial charge in [-0.1, -0.05) is 27.7 Å². The van der Waals surface area contributed by atoms with E-state index in [0.717, 1.165) is 6.92 Å². The molecule has 0 aliphatic carbocycles. The molecule has 0 saturated carbocycles. The highest BCUT2D eigenvalue weighted by molar-refractivity contribution is 7.90. The average Bonchev–Trinajstić information content (AvgIpc) is 2.97. The van der Waals surface area contributed by atoms with Gasteiger partial charge in [0.2, 0.25) is 11.8 Å². The molecule has 0 radical (unpaired) electrons. The van der Waals surface area contributed by atoms with Crippen LogP contribution in [0.1, 0.15) is 70.4 Å². The summed E-state index contributed by atoms with van der Waals surface area (Å²) in [4.78, 5) is 36.6. The maximum atomic E-state index is 14.0. The van der Waals surface area contributed by atoms with Crippen LogP contribution < -0.4 is 10.0 Å². The summed E-state index contributed by atoms with van der Waals surface area (Å²) in [5.41, 5.74) is 1.40. The molecule has 8 nitrogen and oxygen atoms in total. The monoisotopic (exact) mass is 427 g/mol. The van der Waals surface area contributed by atoms with Crippen molar-refractivity contribution in [3.05, 3.63) is 29.1 Å². The van der Waals surface area contributed by atoms with Crippen LogP contribution in [0.4, 0.5) is 14.9 Å². The van der Waals surface area contributed by atoms with E-state index in [9.17, 15) is 27.2 Å². The normalized spacial score (nSPS) is 17.2. The van der Waals surface area contributed by atoms with Crippen LogP contribution in [0.2, 0.25) is 0 Å². The molecule has 1 aromatic carbocycles. The fourth-order valence-corrected chi connectivity index (χ4v) is 4.79. The van der Waals surface area contributed by atoms with Crippen molar-refractivity contribution in [1.29, 1.82) is 0 Å². The van der Waals surface area contributed by atoms with Crippen LogP contribution in [0.3, 0.4) is 0 Å². The number of likely N-dealkylation sites (tertiary alicyclic amines) is 1. The lowest BCUT2D eigenvalue weighted by molar-refractivity contribution is -0.141. The first-order chi connectivity index (χ1) is 13.3. The summed E-state index contributed by atoms with van der Waals surface area (Å²) in [6.07, 6.45) is -0.189. The second-order valence-corrected chi connectivity index (χ2v) is 9.48. The quantitative estimate of drug-likeness (QED) is 0.750. The summed E-state index contributed by atoms with van der Waals surface area (Å²) in [5.74, 6) is -2.01. The summed E-state index contributed by atoms with van der Waals surface area (Å²) in [6.45, 7) is 8.40. The number of hydrogen-bond donors (Lipinski definition) is 2. The second kappa shape index (κ2) is 8.48. The average molecular weight is 427 g/mol. The van der Waals surface area contributed by atoms with Gasteiger partial charge >= 0.3 is 6.03 Å². The molecule has 1 aliphatic heterocycles. The third kappa shape index (κ3) is 4.92. The van der Waals surface area contributed by atoms with Crippen LogP contribution in [0.15, 0.2) is 12.1 Å². The van der Waals surface area contributed by atoms with Crippen molar-refractivity contribution in [2.75, 3.05) is 5.32 Å². The van der Waals surface area contributed by atoms with E-state index in [1.165, 1.54) is 12.1 Å². The van der Waals surface area contributed by atoms with Crippen molar-refractivity contribution in [3.63, 3.8) is 0 Å². The molecule has 0 aromatic heterocycles. The van der Waals surface area contributed by atoms with Crippen molar-refractivity contribution in [2.45, 2.75) is 64.7 Å². The number of sulfonamides is 1. The topological polar surface area (TPSA) is 113 Å². The van der Waals surface area contributed by atoms with Crippen molar-refractivity contribution in [3.8, 4) is 0 Å². The van der Waals surface area contributed by atoms with E-state index in [2.05, 4.69) is 5.32 Å². The first-order valence-corrected chi connectivity index (χ1v) is 10.9. The Labute approximate surface area is 169 Å². The third-order valence-electron chi connectivity index (χ3n) is 4.74. The fraction of sp³-hybridized carbons (Fsp3) is 0.526. The van der Waals surface area contributed by atoms with Gasteiger partial charge in [-0.3, -0.25) is 14.5 Å². The summed E-state index contributed by atoms with van der Waals surface area (Å²) in [5, 5.41) is 1.08. The second-order valence-electron chi connectivity index (χ2n) is 7.65. The van der Waals surface area contributed by atoms with Gasteiger partial charge in [-0.05, 0) is 41.5 Å². The zero-order chi connectivity index (χ0) is 22.1. The van der Waals surface area contributed by atoms with Crippen molar-refractivity contribution >= 4 is 33.6 Å². The lowest BCUT2D eigenvalue weighted by atomic mass is 9.92. The minimum Gasteiger partial charge on any atom is -0.307 e. The van der Waals surface area contributed by atoms with E-state index >= 15 is 0 Å². The number of nitrogens with one attached hydrogen (secondary N) is 2. The maximum Gasteiger partial charge on any atom is 0.332 e. The molecule has 10 heteroatoms. The highest BCUT2D eigenvalue weighted by Gasteiger charge is 2.43. The summed E-state index contributed by atoms with van der Waals surface area (Å²) in [6, 6.07) is 1.56. The van der Waals surface area contributed by atoms with Gasteiger partial charge in [0.1, 0.15) is 5.82 Å². The molecule has 1 fully saturated rings. The van der Waals surface area contributed by atoms with E-state index in [1.807, 2.05) is 32.4 Å². The van der Waals surface area contributed by atoms with Gasteiger partial charge in [0.25, 0.3) is 10.0 Å². The molecule has 160 valence electrons. The summed E-state index contributed by atoms with van der Waals surface area (Å²) < 4.78 is 41.1. The number of halogens is 1. The highest BCUT2D eigenvalue weighted by Crippen LogP contribution is 2.33. The van der Waals surface area contributed by atoms with Crippen LogP contribution in [0, 0.1) is 5.82 Å². The lowest BCUT2D eigenvalue weighted by Crippen LogP contribution is -2.48. The summed E-state index contributed by atoms with van der Waals surface area (Å²) in [7, 11) is -4.33. The van der Waals surface area contributed by atoms with Gasteiger partial charge in [0, 0.05) is 19.0 Å². The van der Waals surface area contributed by atoms with Gasteiger partial charge in [0.05, 0.1) is 0 Å². The van der Waals surface area contributed by atoms with E-state index in [-0.39, 0.29) is 24.7 Å². The molecule has 1 heterocycles. The SMILES string of the molecule is CC(=O)N1C(=O)CCC1S(=O)(=O)NC(=O)Nc1c(C(C)C)cc(F)cc1C(C)C. The number of urea groups is 1. The Morgan fingerprint density at radius 1 is 1.14 bits per heavy atom. The zero-order valence-corrected chi connectivity index (χ0v) is 17.9. The van der Waals surface area contributed by atoms with Crippen LogP contribution in [-0.2, 0) is 19.6 Å². The van der Waals surface area contributed by atoms with Crippen LogP contribution in [0.25, 0.3) is 0 Å². The number of amides is 4. The maximum absolute atomic E-state index is 14.0. The largest absolute Gasteiger partial charge is 0.332 e. The molecule has 1 unspecified atom stereocenters. The van der Waals surface area contributed by atoms with Crippen LogP contribution in [-0.4, -0.2) is 36.5 Å². The molecule has 2 rings (SSSR count). The molecule has 1 saturated heterocycles. The molecule has 2 N–H and O–H groups in total. The smallest absolute Gasteiger partial charge is 0.307 e. The van der Waals surface area contributed by atoms with E-state index < -0.39 is 39.1 Å². The number of nitrogens with zero attached hydrogens (tertiary/aromatic N) is 1. The number of hydrogen-bond acceptors (Lipinski definition) is 5. The molecule has 1 aromatic rings. The molecule has 4 amide bonds. The van der Waals surface area contributed by atoms with E-state index in [1.54, 1.807) is 0 Å². The molecular formula is C19H26FN3O5S. The number of anilines is 1. The Morgan fingerprint density at radius 3 is 2.10 bits per heavy atom. The van der Waals surface area contributed by atoms with Gasteiger partial charge in [-0.2, -0.15) is 0 Å². The molecule has 29 heavy (non-hydrogen) atoms. The minimum atomic E-state index is -4.33. The van der Waals surface area contributed by atoms with Crippen LogP contribution in [0.5, 0.6) is 0 Å². The minimum absolute atomic E-state index is 0.0912. The number of rotatable bonds is 5.